The van der Waals surface area contributed by atoms with Gasteiger partial charge in [0, 0.05) is 18.2 Å². The summed E-state index contributed by atoms with van der Waals surface area (Å²) in [6.45, 7) is -0.378. The van der Waals surface area contributed by atoms with Crippen molar-refractivity contribution in [2.24, 2.45) is 0 Å². The number of nitro groups is 1. The van der Waals surface area contributed by atoms with Gasteiger partial charge in [-0.2, -0.15) is 0 Å². The Kier molecular flexibility index (Phi) is 4.92. The number of amides is 3. The molecule has 1 aromatic carbocycles. The first-order valence-electron chi connectivity index (χ1n) is 8.18. The molecular formula is C16H17N5O5. The number of non-ortho nitro benzene ring substituents is 1. The number of imide groups is 1. The van der Waals surface area contributed by atoms with Crippen LogP contribution in [0.3, 0.4) is 0 Å². The van der Waals surface area contributed by atoms with E-state index >= 15 is 0 Å². The molecule has 2 aromatic rings. The summed E-state index contributed by atoms with van der Waals surface area (Å²) in [6, 6.07) is 3.17. The standard InChI is InChI=1S/C16H17N5O5/c22-14(19-16(24)18-10-3-1-2-4-10)8-20-9-17-13-7-11(21(25)26)5-6-12(13)15(20)23/h5-7,9-10H,1-4,8H2,(H2,18,19,22,24). The van der Waals surface area contributed by atoms with Gasteiger partial charge in [0.25, 0.3) is 11.2 Å². The quantitative estimate of drug-likeness (QED) is 0.619. The number of urea groups is 1. The van der Waals surface area contributed by atoms with E-state index in [4.69, 9.17) is 0 Å². The summed E-state index contributed by atoms with van der Waals surface area (Å²) < 4.78 is 1.05. The number of nitro benzene ring substituents is 1. The summed E-state index contributed by atoms with van der Waals surface area (Å²) in [4.78, 5) is 50.3. The molecule has 0 spiro atoms. The second-order valence-electron chi connectivity index (χ2n) is 6.14. The number of carbonyl (C=O) groups excluding carboxylic acids is 2. The van der Waals surface area contributed by atoms with Crippen molar-refractivity contribution in [1.29, 1.82) is 0 Å². The third-order valence-electron chi connectivity index (χ3n) is 4.28. The molecule has 1 aromatic heterocycles. The molecule has 1 heterocycles. The molecule has 1 saturated carbocycles. The zero-order valence-corrected chi connectivity index (χ0v) is 13.8. The van der Waals surface area contributed by atoms with Crippen LogP contribution >= 0.6 is 0 Å². The second-order valence-corrected chi connectivity index (χ2v) is 6.14. The average Bonchev–Trinajstić information content (AvgIpc) is 3.09. The van der Waals surface area contributed by atoms with Gasteiger partial charge in [-0.25, -0.2) is 9.78 Å². The first kappa shape index (κ1) is 17.5. The van der Waals surface area contributed by atoms with E-state index in [1.54, 1.807) is 0 Å². The molecule has 2 N–H and O–H groups in total. The van der Waals surface area contributed by atoms with Gasteiger partial charge >= 0.3 is 6.03 Å². The minimum atomic E-state index is -0.648. The van der Waals surface area contributed by atoms with Gasteiger partial charge in [-0.15, -0.1) is 0 Å². The van der Waals surface area contributed by atoms with Crippen molar-refractivity contribution in [2.45, 2.75) is 38.3 Å². The summed E-state index contributed by atoms with van der Waals surface area (Å²) in [7, 11) is 0. The van der Waals surface area contributed by atoms with Crippen LogP contribution in [-0.2, 0) is 11.3 Å². The number of nitrogens with one attached hydrogen (secondary N) is 2. The molecule has 3 rings (SSSR count). The maximum absolute atomic E-state index is 12.4. The van der Waals surface area contributed by atoms with E-state index in [9.17, 15) is 24.5 Å². The Hall–Kier alpha value is -3.30. The number of hydrogen-bond acceptors (Lipinski definition) is 6. The maximum Gasteiger partial charge on any atom is 0.321 e. The monoisotopic (exact) mass is 359 g/mol. The van der Waals surface area contributed by atoms with Gasteiger partial charge in [-0.3, -0.25) is 29.6 Å². The molecule has 0 unspecified atom stereocenters. The Balaban J connectivity index is 1.69. The molecule has 136 valence electrons. The van der Waals surface area contributed by atoms with Crippen LogP contribution < -0.4 is 16.2 Å². The van der Waals surface area contributed by atoms with E-state index in [0.717, 1.165) is 36.6 Å². The number of rotatable bonds is 4. The third kappa shape index (κ3) is 3.85. The van der Waals surface area contributed by atoms with Gasteiger partial charge < -0.3 is 5.32 Å². The molecule has 0 radical (unpaired) electrons. The normalized spacial score (nSPS) is 14.3. The van der Waals surface area contributed by atoms with Crippen molar-refractivity contribution in [3.63, 3.8) is 0 Å². The number of aromatic nitrogens is 2. The largest absolute Gasteiger partial charge is 0.335 e. The number of carbonyl (C=O) groups is 2. The molecule has 0 bridgehead atoms. The highest BCUT2D eigenvalue weighted by molar-refractivity contribution is 5.94. The lowest BCUT2D eigenvalue weighted by molar-refractivity contribution is -0.384. The van der Waals surface area contributed by atoms with Gasteiger partial charge in [-0.05, 0) is 18.9 Å². The number of hydrogen-bond donors (Lipinski definition) is 2. The van der Waals surface area contributed by atoms with Crippen LogP contribution in [0, 0.1) is 10.1 Å². The predicted molar refractivity (Wildman–Crippen MR) is 91.6 cm³/mol. The molecule has 26 heavy (non-hydrogen) atoms. The maximum atomic E-state index is 12.4. The lowest BCUT2D eigenvalue weighted by atomic mass is 10.2. The van der Waals surface area contributed by atoms with E-state index in [0.29, 0.717) is 0 Å². The topological polar surface area (TPSA) is 136 Å². The Bertz CT molecular complexity index is 932. The van der Waals surface area contributed by atoms with Gasteiger partial charge in [0.15, 0.2) is 0 Å². The summed E-state index contributed by atoms with van der Waals surface area (Å²) >= 11 is 0. The number of benzene rings is 1. The van der Waals surface area contributed by atoms with Crippen molar-refractivity contribution in [3.8, 4) is 0 Å². The second kappa shape index (κ2) is 7.30. The Morgan fingerprint density at radius 1 is 1.31 bits per heavy atom. The zero-order chi connectivity index (χ0) is 18.7. The Labute approximate surface area is 147 Å². The van der Waals surface area contributed by atoms with E-state index in [2.05, 4.69) is 15.6 Å². The van der Waals surface area contributed by atoms with E-state index in [1.807, 2.05) is 0 Å². The van der Waals surface area contributed by atoms with Crippen LogP contribution in [0.25, 0.3) is 10.9 Å². The number of nitrogens with zero attached hydrogens (tertiary/aromatic N) is 3. The van der Waals surface area contributed by atoms with Gasteiger partial charge in [-0.1, -0.05) is 12.8 Å². The van der Waals surface area contributed by atoms with Crippen LogP contribution in [0.2, 0.25) is 0 Å². The summed E-state index contributed by atoms with van der Waals surface area (Å²) in [5.41, 5.74) is -0.528. The van der Waals surface area contributed by atoms with Crippen molar-refractivity contribution >= 4 is 28.5 Å². The highest BCUT2D eigenvalue weighted by Crippen LogP contribution is 2.17. The van der Waals surface area contributed by atoms with Gasteiger partial charge in [0.1, 0.15) is 6.54 Å². The van der Waals surface area contributed by atoms with Crippen molar-refractivity contribution < 1.29 is 14.5 Å². The smallest absolute Gasteiger partial charge is 0.321 e. The van der Waals surface area contributed by atoms with Crippen LogP contribution in [-0.4, -0.2) is 32.5 Å². The van der Waals surface area contributed by atoms with Gasteiger partial charge in [0.2, 0.25) is 5.91 Å². The molecule has 0 saturated heterocycles. The molecule has 0 atom stereocenters. The number of fused-ring (bicyclic) bond motifs is 1. The first-order chi connectivity index (χ1) is 12.4. The molecular weight excluding hydrogens is 342 g/mol. The fraction of sp³-hybridized carbons (Fsp3) is 0.375. The first-order valence-corrected chi connectivity index (χ1v) is 8.18. The summed E-state index contributed by atoms with van der Waals surface area (Å²) in [5, 5.41) is 15.8. The minimum Gasteiger partial charge on any atom is -0.335 e. The van der Waals surface area contributed by atoms with Crippen LogP contribution in [0.1, 0.15) is 25.7 Å². The average molecular weight is 359 g/mol. The molecule has 10 nitrogen and oxygen atoms in total. The molecule has 1 aliphatic carbocycles. The molecule has 10 heteroatoms. The lowest BCUT2D eigenvalue weighted by Gasteiger charge is -2.12. The van der Waals surface area contributed by atoms with Crippen molar-refractivity contribution in [3.05, 3.63) is 45.0 Å². The fourth-order valence-corrected chi connectivity index (χ4v) is 2.99. The highest BCUT2D eigenvalue weighted by atomic mass is 16.6. The lowest BCUT2D eigenvalue weighted by Crippen LogP contribution is -2.45. The Morgan fingerprint density at radius 2 is 2.04 bits per heavy atom. The van der Waals surface area contributed by atoms with Gasteiger partial charge in [0.05, 0.1) is 22.2 Å². The fourth-order valence-electron chi connectivity index (χ4n) is 2.99. The van der Waals surface area contributed by atoms with Crippen molar-refractivity contribution in [2.75, 3.05) is 0 Å². The molecule has 1 aliphatic rings. The highest BCUT2D eigenvalue weighted by Gasteiger charge is 2.18. The zero-order valence-electron chi connectivity index (χ0n) is 13.8. The van der Waals surface area contributed by atoms with Crippen LogP contribution in [0.5, 0.6) is 0 Å². The van der Waals surface area contributed by atoms with E-state index < -0.39 is 22.4 Å². The van der Waals surface area contributed by atoms with Crippen LogP contribution in [0.4, 0.5) is 10.5 Å². The van der Waals surface area contributed by atoms with E-state index in [1.165, 1.54) is 18.2 Å². The van der Waals surface area contributed by atoms with E-state index in [-0.39, 0.29) is 29.2 Å². The SMILES string of the molecule is O=C(Cn1cnc2cc([N+](=O)[O-])ccc2c1=O)NC(=O)NC1CCCC1. The summed E-state index contributed by atoms with van der Waals surface area (Å²) in [6.07, 6.45) is 5.01. The minimum absolute atomic E-state index is 0.0728. The predicted octanol–water partition coefficient (Wildman–Crippen LogP) is 1.07. The third-order valence-corrected chi connectivity index (χ3v) is 4.28. The summed E-state index contributed by atoms with van der Waals surface area (Å²) in [5.74, 6) is -0.648. The van der Waals surface area contributed by atoms with Crippen molar-refractivity contribution in [1.82, 2.24) is 20.2 Å². The molecule has 1 fully saturated rings. The molecule has 3 amide bonds. The molecule has 0 aliphatic heterocycles. The Morgan fingerprint density at radius 3 is 2.73 bits per heavy atom. The van der Waals surface area contributed by atoms with Crippen LogP contribution in [0.15, 0.2) is 29.3 Å².